The zero-order valence-electron chi connectivity index (χ0n) is 21.4. The average molecular weight is 479 g/mol. The number of rotatable bonds is 9. The minimum atomic E-state index is -0.624. The molecule has 1 unspecified atom stereocenters. The normalized spacial score (nSPS) is 15.2. The van der Waals surface area contributed by atoms with E-state index in [1.54, 1.807) is 25.2 Å². The van der Waals surface area contributed by atoms with Gasteiger partial charge in [0, 0.05) is 12.1 Å². The monoisotopic (exact) mass is 478 g/mol. The Kier molecular flexibility index (Phi) is 7.17. The van der Waals surface area contributed by atoms with E-state index in [-0.39, 0.29) is 17.1 Å². The van der Waals surface area contributed by atoms with Crippen LogP contribution in [0.15, 0.2) is 39.5 Å². The summed E-state index contributed by atoms with van der Waals surface area (Å²) in [6.45, 7) is 11.4. The summed E-state index contributed by atoms with van der Waals surface area (Å²) in [6.07, 6.45) is 0.774. The molecule has 4 rings (SSSR count). The minimum absolute atomic E-state index is 0.114. The molecule has 1 aromatic heterocycles. The fourth-order valence-electron chi connectivity index (χ4n) is 4.96. The van der Waals surface area contributed by atoms with E-state index in [1.165, 1.54) is 0 Å². The Bertz CT molecular complexity index is 1310. The summed E-state index contributed by atoms with van der Waals surface area (Å²) >= 11 is 0. The summed E-state index contributed by atoms with van der Waals surface area (Å²) in [5.41, 5.74) is 3.33. The number of ether oxygens (including phenoxy) is 2. The number of hydrogen-bond donors (Lipinski definition) is 0. The number of aryl methyl sites for hydroxylation is 2. The van der Waals surface area contributed by atoms with E-state index in [0.717, 1.165) is 37.2 Å². The van der Waals surface area contributed by atoms with Gasteiger partial charge in [0.1, 0.15) is 5.58 Å². The number of benzene rings is 2. The van der Waals surface area contributed by atoms with Crippen LogP contribution >= 0.6 is 0 Å². The van der Waals surface area contributed by atoms with Gasteiger partial charge in [-0.1, -0.05) is 26.0 Å². The summed E-state index contributed by atoms with van der Waals surface area (Å²) in [5.74, 6) is 0.898. The quantitative estimate of drug-likeness (QED) is 0.444. The van der Waals surface area contributed by atoms with Gasteiger partial charge in [0.05, 0.1) is 31.2 Å². The highest BCUT2D eigenvalue weighted by atomic mass is 16.5. The first-order chi connectivity index (χ1) is 16.9. The van der Waals surface area contributed by atoms with Crippen LogP contribution in [0.3, 0.4) is 0 Å². The summed E-state index contributed by atoms with van der Waals surface area (Å²) in [4.78, 5) is 31.6. The topological polar surface area (TPSA) is 72.2 Å². The van der Waals surface area contributed by atoms with Gasteiger partial charge >= 0.3 is 0 Å². The van der Waals surface area contributed by atoms with E-state index in [4.69, 9.17) is 13.9 Å². The van der Waals surface area contributed by atoms with Crippen molar-refractivity contribution in [1.82, 2.24) is 9.80 Å². The SMILES string of the molecule is CCN(CC)CCCN1C(=O)c2oc3cc(C)c(C)cc3c(=O)c2C1c1cccc(OC)c1OC. The second-order valence-electron chi connectivity index (χ2n) is 8.97. The zero-order chi connectivity index (χ0) is 25.3. The maximum atomic E-state index is 13.9. The first kappa shape index (κ1) is 24.8. The number of para-hydroxylation sites is 1. The maximum absolute atomic E-state index is 13.9. The Balaban J connectivity index is 1.90. The zero-order valence-corrected chi connectivity index (χ0v) is 21.4. The van der Waals surface area contributed by atoms with Crippen molar-refractivity contribution in [1.29, 1.82) is 0 Å². The van der Waals surface area contributed by atoms with Crippen molar-refractivity contribution in [3.63, 3.8) is 0 Å². The van der Waals surface area contributed by atoms with E-state index in [2.05, 4.69) is 18.7 Å². The molecule has 186 valence electrons. The molecular weight excluding hydrogens is 444 g/mol. The van der Waals surface area contributed by atoms with Crippen LogP contribution in [-0.2, 0) is 0 Å². The van der Waals surface area contributed by atoms with Gasteiger partial charge < -0.3 is 23.7 Å². The van der Waals surface area contributed by atoms with Crippen molar-refractivity contribution in [2.45, 2.75) is 40.2 Å². The highest BCUT2D eigenvalue weighted by Gasteiger charge is 2.44. The fraction of sp³-hybridized carbons (Fsp3) is 0.429. The van der Waals surface area contributed by atoms with E-state index in [0.29, 0.717) is 40.1 Å². The highest BCUT2D eigenvalue weighted by molar-refractivity contribution is 5.99. The molecule has 35 heavy (non-hydrogen) atoms. The lowest BCUT2D eigenvalue weighted by Gasteiger charge is -2.28. The van der Waals surface area contributed by atoms with Gasteiger partial charge in [0.25, 0.3) is 5.91 Å². The molecule has 1 atom stereocenters. The van der Waals surface area contributed by atoms with Crippen LogP contribution in [0.25, 0.3) is 11.0 Å². The number of nitrogens with zero attached hydrogens (tertiary/aromatic N) is 2. The molecule has 7 heteroatoms. The summed E-state index contributed by atoms with van der Waals surface area (Å²) in [7, 11) is 3.14. The molecule has 0 N–H and O–H groups in total. The number of carbonyl (C=O) groups is 1. The Morgan fingerprint density at radius 2 is 1.74 bits per heavy atom. The molecule has 0 bridgehead atoms. The first-order valence-electron chi connectivity index (χ1n) is 12.2. The average Bonchev–Trinajstić information content (AvgIpc) is 3.14. The summed E-state index contributed by atoms with van der Waals surface area (Å²) in [6, 6.07) is 8.61. The molecule has 0 saturated carbocycles. The number of fused-ring (bicyclic) bond motifs is 2. The van der Waals surface area contributed by atoms with Gasteiger partial charge in [-0.15, -0.1) is 0 Å². The smallest absolute Gasteiger partial charge is 0.290 e. The van der Waals surface area contributed by atoms with E-state index in [9.17, 15) is 9.59 Å². The predicted octanol–water partition coefficient (Wildman–Crippen LogP) is 4.70. The summed E-state index contributed by atoms with van der Waals surface area (Å²) < 4.78 is 17.4. The molecule has 0 saturated heterocycles. The van der Waals surface area contributed by atoms with Crippen molar-refractivity contribution in [3.8, 4) is 11.5 Å². The van der Waals surface area contributed by atoms with E-state index in [1.807, 2.05) is 38.1 Å². The third-order valence-corrected chi connectivity index (χ3v) is 7.08. The van der Waals surface area contributed by atoms with Gasteiger partial charge in [-0.3, -0.25) is 9.59 Å². The molecule has 1 aliphatic heterocycles. The second kappa shape index (κ2) is 10.1. The molecule has 0 aliphatic carbocycles. The second-order valence-corrected chi connectivity index (χ2v) is 8.97. The van der Waals surface area contributed by atoms with E-state index < -0.39 is 6.04 Å². The van der Waals surface area contributed by atoms with Gasteiger partial charge in [0.2, 0.25) is 5.76 Å². The van der Waals surface area contributed by atoms with Gasteiger partial charge in [-0.25, -0.2) is 0 Å². The van der Waals surface area contributed by atoms with Crippen LogP contribution < -0.4 is 14.9 Å². The van der Waals surface area contributed by atoms with Gasteiger partial charge in [-0.2, -0.15) is 0 Å². The largest absolute Gasteiger partial charge is 0.493 e. The third-order valence-electron chi connectivity index (χ3n) is 7.08. The molecule has 1 amide bonds. The molecule has 3 aromatic rings. The van der Waals surface area contributed by atoms with Crippen LogP contribution in [0.5, 0.6) is 11.5 Å². The molecule has 2 aromatic carbocycles. The van der Waals surface area contributed by atoms with Crippen molar-refractivity contribution >= 4 is 16.9 Å². The number of carbonyl (C=O) groups excluding carboxylic acids is 1. The highest BCUT2D eigenvalue weighted by Crippen LogP contribution is 2.44. The molecule has 2 heterocycles. The van der Waals surface area contributed by atoms with Crippen molar-refractivity contribution < 1.29 is 18.7 Å². The lowest BCUT2D eigenvalue weighted by Crippen LogP contribution is -2.33. The summed E-state index contributed by atoms with van der Waals surface area (Å²) in [5, 5.41) is 0.483. The third kappa shape index (κ3) is 4.29. The van der Waals surface area contributed by atoms with E-state index >= 15 is 0 Å². The van der Waals surface area contributed by atoms with Crippen molar-refractivity contribution in [2.24, 2.45) is 0 Å². The Hall–Kier alpha value is -3.32. The predicted molar refractivity (Wildman–Crippen MR) is 137 cm³/mol. The lowest BCUT2D eigenvalue weighted by atomic mass is 9.96. The van der Waals surface area contributed by atoms with Gasteiger partial charge in [0.15, 0.2) is 16.9 Å². The van der Waals surface area contributed by atoms with Gasteiger partial charge in [-0.05, 0) is 69.2 Å². The molecule has 7 nitrogen and oxygen atoms in total. The van der Waals surface area contributed by atoms with Crippen LogP contribution in [0.1, 0.15) is 59.1 Å². The fourth-order valence-corrected chi connectivity index (χ4v) is 4.96. The van der Waals surface area contributed by atoms with Crippen LogP contribution in [0.2, 0.25) is 0 Å². The van der Waals surface area contributed by atoms with Crippen LogP contribution in [0.4, 0.5) is 0 Å². The maximum Gasteiger partial charge on any atom is 0.290 e. The minimum Gasteiger partial charge on any atom is -0.493 e. The van der Waals surface area contributed by atoms with Crippen molar-refractivity contribution in [2.75, 3.05) is 40.4 Å². The molecule has 0 radical (unpaired) electrons. The van der Waals surface area contributed by atoms with Crippen LogP contribution in [-0.4, -0.2) is 56.1 Å². The molecule has 0 fully saturated rings. The lowest BCUT2D eigenvalue weighted by molar-refractivity contribution is 0.0718. The Morgan fingerprint density at radius 3 is 2.40 bits per heavy atom. The number of methoxy groups -OCH3 is 2. The number of hydrogen-bond acceptors (Lipinski definition) is 6. The van der Waals surface area contributed by atoms with Crippen LogP contribution in [0, 0.1) is 13.8 Å². The van der Waals surface area contributed by atoms with Crippen molar-refractivity contribution in [3.05, 3.63) is 68.6 Å². The molecule has 1 aliphatic rings. The Morgan fingerprint density at radius 1 is 1.03 bits per heavy atom. The Labute approximate surface area is 206 Å². The number of amides is 1. The molecule has 0 spiro atoms. The standard InChI is InChI=1S/C28H34N2O5/c1-7-29(8-2)13-10-14-30-24(19-11-9-12-21(33-5)26(19)34-6)23-25(31)20-15-17(3)18(4)16-22(20)35-27(23)28(30)32/h9,11-12,15-16,24H,7-8,10,13-14H2,1-6H3. The first-order valence-corrected chi connectivity index (χ1v) is 12.2. The molecular formula is C28H34N2O5.